The topological polar surface area (TPSA) is 38.7 Å². The summed E-state index contributed by atoms with van der Waals surface area (Å²) >= 11 is 0. The first-order valence-electron chi connectivity index (χ1n) is 14.1. The molecule has 0 amide bonds. The van der Waals surface area contributed by atoms with Gasteiger partial charge < -0.3 is 0 Å². The van der Waals surface area contributed by atoms with Crippen molar-refractivity contribution in [1.29, 1.82) is 0 Å². The highest BCUT2D eigenvalue weighted by molar-refractivity contribution is 6.11. The lowest BCUT2D eigenvalue weighted by atomic mass is 9.90. The molecule has 0 unspecified atom stereocenters. The molecule has 6 aromatic carbocycles. The van der Waals surface area contributed by atoms with Gasteiger partial charge >= 0.3 is 0 Å². The Labute approximate surface area is 243 Å². The van der Waals surface area contributed by atoms with Crippen LogP contribution in [0.15, 0.2) is 152 Å². The average Bonchev–Trinajstić information content (AvgIpc) is 3.07. The summed E-state index contributed by atoms with van der Waals surface area (Å²) in [4.78, 5) is 15.0. The van der Waals surface area contributed by atoms with Crippen molar-refractivity contribution in [3.05, 3.63) is 152 Å². The zero-order chi connectivity index (χ0) is 27.9. The number of benzene rings is 6. The summed E-state index contributed by atoms with van der Waals surface area (Å²) in [6.45, 7) is 0. The number of hydrogen-bond donors (Lipinski definition) is 0. The van der Waals surface area contributed by atoms with Crippen molar-refractivity contribution < 1.29 is 0 Å². The number of rotatable bonds is 4. The molecule has 3 heteroatoms. The molecule has 0 radical (unpaired) electrons. The molecule has 0 spiro atoms. The highest BCUT2D eigenvalue weighted by Gasteiger charge is 2.17. The molecule has 2 aromatic heterocycles. The van der Waals surface area contributed by atoms with E-state index in [0.29, 0.717) is 0 Å². The van der Waals surface area contributed by atoms with Crippen molar-refractivity contribution >= 4 is 32.6 Å². The SMILES string of the molecule is c1ccc(-c2nc3ccccc3nc2-c2cccc3c(-c4cccc5c(-c6ccccn6)cccc45)cccc23)cc1. The van der Waals surface area contributed by atoms with Crippen LogP contribution in [-0.2, 0) is 0 Å². The molecule has 0 atom stereocenters. The minimum atomic E-state index is 0.886. The maximum Gasteiger partial charge on any atom is 0.0979 e. The first-order chi connectivity index (χ1) is 20.8. The fourth-order valence-corrected chi connectivity index (χ4v) is 6.03. The molecule has 196 valence electrons. The molecule has 0 fully saturated rings. The number of fused-ring (bicyclic) bond motifs is 3. The van der Waals surface area contributed by atoms with Gasteiger partial charge in [0.2, 0.25) is 0 Å². The van der Waals surface area contributed by atoms with Gasteiger partial charge in [0.05, 0.1) is 28.1 Å². The number of aromatic nitrogens is 3. The van der Waals surface area contributed by atoms with Gasteiger partial charge in [-0.3, -0.25) is 4.98 Å². The Bertz CT molecular complexity index is 2240. The fourth-order valence-electron chi connectivity index (χ4n) is 6.03. The van der Waals surface area contributed by atoms with E-state index in [9.17, 15) is 0 Å². The van der Waals surface area contributed by atoms with Gasteiger partial charge in [-0.1, -0.05) is 121 Å². The molecule has 0 aliphatic heterocycles. The van der Waals surface area contributed by atoms with Crippen LogP contribution < -0.4 is 0 Å². The first-order valence-corrected chi connectivity index (χ1v) is 14.1. The third-order valence-electron chi connectivity index (χ3n) is 7.95. The van der Waals surface area contributed by atoms with Crippen LogP contribution in [0.2, 0.25) is 0 Å². The van der Waals surface area contributed by atoms with Crippen LogP contribution >= 0.6 is 0 Å². The predicted octanol–water partition coefficient (Wildman–Crippen LogP) is 10.00. The summed E-state index contributed by atoms with van der Waals surface area (Å²) in [7, 11) is 0. The molecule has 0 aliphatic carbocycles. The van der Waals surface area contributed by atoms with Crippen LogP contribution in [0.25, 0.3) is 77.5 Å². The molecule has 2 heterocycles. The maximum absolute atomic E-state index is 5.20. The highest BCUT2D eigenvalue weighted by atomic mass is 14.8. The second-order valence-corrected chi connectivity index (χ2v) is 10.4. The van der Waals surface area contributed by atoms with Crippen molar-refractivity contribution in [3.8, 4) is 44.9 Å². The summed E-state index contributed by atoms with van der Waals surface area (Å²) in [5.74, 6) is 0. The van der Waals surface area contributed by atoms with E-state index < -0.39 is 0 Å². The van der Waals surface area contributed by atoms with Crippen LogP contribution in [0.1, 0.15) is 0 Å². The Kier molecular flexibility index (Phi) is 5.79. The van der Waals surface area contributed by atoms with E-state index in [-0.39, 0.29) is 0 Å². The van der Waals surface area contributed by atoms with E-state index in [2.05, 4.69) is 108 Å². The monoisotopic (exact) mass is 535 g/mol. The zero-order valence-electron chi connectivity index (χ0n) is 22.8. The van der Waals surface area contributed by atoms with Crippen molar-refractivity contribution in [2.24, 2.45) is 0 Å². The Morgan fingerprint density at radius 1 is 0.333 bits per heavy atom. The quantitative estimate of drug-likeness (QED) is 0.225. The first kappa shape index (κ1) is 24.2. The largest absolute Gasteiger partial charge is 0.256 e. The van der Waals surface area contributed by atoms with Crippen LogP contribution in [0, 0.1) is 0 Å². The fraction of sp³-hybridized carbons (Fsp3) is 0. The Hall–Kier alpha value is -5.67. The normalized spacial score (nSPS) is 11.3. The molecular weight excluding hydrogens is 510 g/mol. The third-order valence-corrected chi connectivity index (χ3v) is 7.95. The van der Waals surface area contributed by atoms with Gasteiger partial charge in [-0.05, 0) is 56.9 Å². The Balaban J connectivity index is 1.38. The second-order valence-electron chi connectivity index (χ2n) is 10.4. The van der Waals surface area contributed by atoms with E-state index >= 15 is 0 Å². The van der Waals surface area contributed by atoms with Gasteiger partial charge in [0.25, 0.3) is 0 Å². The molecule has 0 N–H and O–H groups in total. The number of hydrogen-bond acceptors (Lipinski definition) is 3. The third kappa shape index (κ3) is 4.03. The van der Waals surface area contributed by atoms with Crippen LogP contribution in [-0.4, -0.2) is 15.0 Å². The second kappa shape index (κ2) is 10.1. The molecule has 8 aromatic rings. The van der Waals surface area contributed by atoms with E-state index in [4.69, 9.17) is 9.97 Å². The van der Waals surface area contributed by atoms with E-state index in [1.54, 1.807) is 0 Å². The lowest BCUT2D eigenvalue weighted by molar-refractivity contribution is 1.30. The summed E-state index contributed by atoms with van der Waals surface area (Å²) < 4.78 is 0. The number of nitrogens with zero attached hydrogens (tertiary/aromatic N) is 3. The molecule has 0 saturated heterocycles. The lowest BCUT2D eigenvalue weighted by Crippen LogP contribution is -1.96. The highest BCUT2D eigenvalue weighted by Crippen LogP contribution is 2.41. The summed E-state index contributed by atoms with van der Waals surface area (Å²) in [5.41, 5.74) is 10.2. The molecular formula is C39H25N3. The predicted molar refractivity (Wildman–Crippen MR) is 174 cm³/mol. The van der Waals surface area contributed by atoms with Gasteiger partial charge in [-0.2, -0.15) is 0 Å². The van der Waals surface area contributed by atoms with E-state index in [1.165, 1.54) is 27.3 Å². The van der Waals surface area contributed by atoms with Gasteiger partial charge in [-0.15, -0.1) is 0 Å². The molecule has 8 rings (SSSR count). The molecule has 0 bridgehead atoms. The summed E-state index contributed by atoms with van der Waals surface area (Å²) in [5, 5.41) is 4.72. The summed E-state index contributed by atoms with van der Waals surface area (Å²) in [6.07, 6.45) is 1.85. The standard InChI is InChI=1S/C39H25N3/c1-2-12-26(13-3-1)38-39(42-37-24-5-4-23-36(37)41-38)34-21-11-17-30-28(15-9-19-32(30)34)27-14-8-18-31-29(27)16-10-20-33(31)35-22-6-7-25-40-35/h1-25H. The minimum absolute atomic E-state index is 0.886. The zero-order valence-corrected chi connectivity index (χ0v) is 22.8. The van der Waals surface area contributed by atoms with Gasteiger partial charge in [0.1, 0.15) is 0 Å². The molecule has 0 saturated carbocycles. The Morgan fingerprint density at radius 2 is 0.833 bits per heavy atom. The van der Waals surface area contributed by atoms with E-state index in [0.717, 1.165) is 50.2 Å². The van der Waals surface area contributed by atoms with Crippen molar-refractivity contribution in [1.82, 2.24) is 15.0 Å². The Morgan fingerprint density at radius 3 is 1.45 bits per heavy atom. The number of para-hydroxylation sites is 2. The maximum atomic E-state index is 5.20. The van der Waals surface area contributed by atoms with Gasteiger partial charge in [0.15, 0.2) is 0 Å². The molecule has 0 aliphatic rings. The minimum Gasteiger partial charge on any atom is -0.256 e. The lowest BCUT2D eigenvalue weighted by Gasteiger charge is -2.16. The van der Waals surface area contributed by atoms with E-state index in [1.807, 2.05) is 48.7 Å². The number of pyridine rings is 1. The van der Waals surface area contributed by atoms with Gasteiger partial charge in [0, 0.05) is 22.9 Å². The molecule has 42 heavy (non-hydrogen) atoms. The average molecular weight is 536 g/mol. The molecule has 3 nitrogen and oxygen atoms in total. The van der Waals surface area contributed by atoms with Crippen molar-refractivity contribution in [3.63, 3.8) is 0 Å². The van der Waals surface area contributed by atoms with Crippen molar-refractivity contribution in [2.75, 3.05) is 0 Å². The van der Waals surface area contributed by atoms with Crippen LogP contribution in [0.4, 0.5) is 0 Å². The van der Waals surface area contributed by atoms with Crippen molar-refractivity contribution in [2.45, 2.75) is 0 Å². The summed E-state index contributed by atoms with van der Waals surface area (Å²) in [6, 6.07) is 50.6. The smallest absolute Gasteiger partial charge is 0.0979 e. The van der Waals surface area contributed by atoms with Crippen LogP contribution in [0.5, 0.6) is 0 Å². The van der Waals surface area contributed by atoms with Gasteiger partial charge in [-0.25, -0.2) is 9.97 Å². The van der Waals surface area contributed by atoms with Crippen LogP contribution in [0.3, 0.4) is 0 Å².